The molecule has 0 aliphatic carbocycles. The molecule has 1 fully saturated rings. The molecule has 3 rings (SSSR count). The van der Waals surface area contributed by atoms with Crippen LogP contribution in [0, 0.1) is 0 Å². The molecule has 1 aliphatic heterocycles. The topological polar surface area (TPSA) is 118 Å². The number of nitrogens with one attached hydrogen (secondary N) is 1. The molecule has 2 heterocycles. The number of likely N-dealkylation sites (tertiary alicyclic amines) is 1. The van der Waals surface area contributed by atoms with E-state index in [4.69, 9.17) is 11.5 Å². The molecule has 1 aliphatic rings. The number of primary amides is 1. The Kier molecular flexibility index (Phi) is 4.64. The van der Waals surface area contributed by atoms with Crippen molar-refractivity contribution in [3.63, 3.8) is 0 Å². The van der Waals surface area contributed by atoms with Crippen LogP contribution in [0.1, 0.15) is 25.1 Å². The summed E-state index contributed by atoms with van der Waals surface area (Å²) in [6.07, 6.45) is 2.77. The summed E-state index contributed by atoms with van der Waals surface area (Å²) in [4.78, 5) is 33.0. The van der Waals surface area contributed by atoms with E-state index in [2.05, 4.69) is 14.9 Å². The number of nitrogens with two attached hydrogens (primary N) is 2. The molecule has 0 unspecified atom stereocenters. The average Bonchev–Trinajstić information content (AvgIpc) is 2.57. The highest BCUT2D eigenvalue weighted by atomic mass is 16.1. The predicted molar refractivity (Wildman–Crippen MR) is 92.5 cm³/mol. The number of nitrogens with zero attached hydrogens (tertiary/aromatic N) is 2. The van der Waals surface area contributed by atoms with Crippen LogP contribution in [-0.4, -0.2) is 45.9 Å². The number of carbonyl (C=O) groups excluding carboxylic acids is 1. The molecule has 2 aromatic rings. The molecule has 128 valence electrons. The maximum atomic E-state index is 12.0. The van der Waals surface area contributed by atoms with E-state index >= 15 is 0 Å². The highest BCUT2D eigenvalue weighted by Gasteiger charge is 2.35. The molecule has 0 bridgehead atoms. The number of para-hydroxylation sites is 1. The maximum absolute atomic E-state index is 12.0. The molecule has 0 saturated carbocycles. The standard InChI is InChI=1S/C17H23N5O2/c18-16(24)17(19)7-10-22(11-8-17)9-3-6-14-20-13-5-2-1-4-12(13)15(23)21-14/h1-2,4-5H,3,6-11,19H2,(H2,18,24)(H,20,21,23). The first kappa shape index (κ1) is 16.6. The summed E-state index contributed by atoms with van der Waals surface area (Å²) >= 11 is 0. The number of hydrogen-bond donors (Lipinski definition) is 3. The zero-order valence-corrected chi connectivity index (χ0v) is 13.6. The van der Waals surface area contributed by atoms with Gasteiger partial charge in [-0.05, 0) is 37.9 Å². The van der Waals surface area contributed by atoms with Crippen molar-refractivity contribution < 1.29 is 4.79 Å². The van der Waals surface area contributed by atoms with E-state index in [1.165, 1.54) is 0 Å². The summed E-state index contributed by atoms with van der Waals surface area (Å²) in [6.45, 7) is 2.41. The van der Waals surface area contributed by atoms with Gasteiger partial charge in [-0.1, -0.05) is 12.1 Å². The van der Waals surface area contributed by atoms with Crippen LogP contribution in [0.15, 0.2) is 29.1 Å². The minimum Gasteiger partial charge on any atom is -0.368 e. The first-order valence-electron chi connectivity index (χ1n) is 8.27. The zero-order chi connectivity index (χ0) is 17.2. The fourth-order valence-corrected chi connectivity index (χ4v) is 3.15. The van der Waals surface area contributed by atoms with Crippen LogP contribution in [0.3, 0.4) is 0 Å². The van der Waals surface area contributed by atoms with Gasteiger partial charge in [-0.15, -0.1) is 0 Å². The molecule has 0 radical (unpaired) electrons. The minimum atomic E-state index is -0.859. The van der Waals surface area contributed by atoms with Crippen molar-refractivity contribution >= 4 is 16.8 Å². The van der Waals surface area contributed by atoms with Crippen LogP contribution >= 0.6 is 0 Å². The van der Waals surface area contributed by atoms with Crippen molar-refractivity contribution in [2.45, 2.75) is 31.2 Å². The second-order valence-corrected chi connectivity index (χ2v) is 6.50. The number of hydrogen-bond acceptors (Lipinski definition) is 5. The van der Waals surface area contributed by atoms with Crippen molar-refractivity contribution in [2.75, 3.05) is 19.6 Å². The summed E-state index contributed by atoms with van der Waals surface area (Å²) in [7, 11) is 0. The lowest BCUT2D eigenvalue weighted by Crippen LogP contribution is -2.58. The Hall–Kier alpha value is -2.25. The van der Waals surface area contributed by atoms with E-state index in [0.717, 1.165) is 31.6 Å². The molecule has 1 saturated heterocycles. The predicted octanol–water partition coefficient (Wildman–Crippen LogP) is 0.134. The molecular formula is C17H23N5O2. The summed E-state index contributed by atoms with van der Waals surface area (Å²) in [5.41, 5.74) is 11.1. The molecule has 1 aromatic heterocycles. The second kappa shape index (κ2) is 6.70. The van der Waals surface area contributed by atoms with Crippen molar-refractivity contribution in [2.24, 2.45) is 11.5 Å². The lowest BCUT2D eigenvalue weighted by Gasteiger charge is -2.36. The zero-order valence-electron chi connectivity index (χ0n) is 13.6. The minimum absolute atomic E-state index is 0.0945. The van der Waals surface area contributed by atoms with Crippen molar-refractivity contribution in [3.8, 4) is 0 Å². The lowest BCUT2D eigenvalue weighted by molar-refractivity contribution is -0.124. The lowest BCUT2D eigenvalue weighted by atomic mass is 9.88. The van der Waals surface area contributed by atoms with Gasteiger partial charge in [0.1, 0.15) is 5.82 Å². The average molecular weight is 329 g/mol. The second-order valence-electron chi connectivity index (χ2n) is 6.50. The van der Waals surface area contributed by atoms with Crippen LogP contribution < -0.4 is 17.0 Å². The van der Waals surface area contributed by atoms with E-state index in [1.54, 1.807) is 6.07 Å². The fourth-order valence-electron chi connectivity index (χ4n) is 3.15. The van der Waals surface area contributed by atoms with Crippen molar-refractivity contribution in [3.05, 3.63) is 40.4 Å². The summed E-state index contributed by atoms with van der Waals surface area (Å²) in [6, 6.07) is 7.34. The fraction of sp³-hybridized carbons (Fsp3) is 0.471. The Morgan fingerprint density at radius 2 is 2.00 bits per heavy atom. The molecule has 7 heteroatoms. The van der Waals surface area contributed by atoms with Crippen LogP contribution in [0.25, 0.3) is 10.9 Å². The molecule has 1 aromatic carbocycles. The van der Waals surface area contributed by atoms with Gasteiger partial charge >= 0.3 is 0 Å². The highest BCUT2D eigenvalue weighted by molar-refractivity contribution is 5.84. The molecule has 24 heavy (non-hydrogen) atoms. The Morgan fingerprint density at radius 3 is 2.71 bits per heavy atom. The van der Waals surface area contributed by atoms with Gasteiger partial charge in [0, 0.05) is 19.5 Å². The van der Waals surface area contributed by atoms with Crippen LogP contribution in [0.2, 0.25) is 0 Å². The third kappa shape index (κ3) is 3.47. The Labute approximate surface area is 140 Å². The van der Waals surface area contributed by atoms with Gasteiger partial charge in [-0.25, -0.2) is 4.98 Å². The maximum Gasteiger partial charge on any atom is 0.258 e. The molecule has 0 atom stereocenters. The molecule has 5 N–H and O–H groups in total. The van der Waals surface area contributed by atoms with Crippen LogP contribution in [0.4, 0.5) is 0 Å². The van der Waals surface area contributed by atoms with E-state index in [1.807, 2.05) is 18.2 Å². The van der Waals surface area contributed by atoms with Crippen molar-refractivity contribution in [1.29, 1.82) is 0 Å². The number of benzene rings is 1. The number of aromatic amines is 1. The first-order chi connectivity index (χ1) is 11.5. The molecular weight excluding hydrogens is 306 g/mol. The van der Waals surface area contributed by atoms with Crippen LogP contribution in [-0.2, 0) is 11.2 Å². The quantitative estimate of drug-likeness (QED) is 0.721. The van der Waals surface area contributed by atoms with E-state index in [0.29, 0.717) is 30.5 Å². The Morgan fingerprint density at radius 1 is 1.29 bits per heavy atom. The Bertz CT molecular complexity index is 793. The SMILES string of the molecule is NC(=O)C1(N)CCN(CCCc2nc3ccccc3c(=O)[nH]2)CC1. The molecule has 7 nitrogen and oxygen atoms in total. The molecule has 0 spiro atoms. The number of aryl methyl sites for hydroxylation is 1. The summed E-state index contributed by atoms with van der Waals surface area (Å²) < 4.78 is 0. The third-order valence-corrected chi connectivity index (χ3v) is 4.79. The Balaban J connectivity index is 1.54. The van der Waals surface area contributed by atoms with Crippen molar-refractivity contribution in [1.82, 2.24) is 14.9 Å². The number of aromatic nitrogens is 2. The van der Waals surface area contributed by atoms with E-state index in [-0.39, 0.29) is 5.56 Å². The highest BCUT2D eigenvalue weighted by Crippen LogP contribution is 2.19. The largest absolute Gasteiger partial charge is 0.368 e. The van der Waals surface area contributed by atoms with Gasteiger partial charge in [0.2, 0.25) is 5.91 Å². The normalized spacial score (nSPS) is 17.9. The van der Waals surface area contributed by atoms with Gasteiger partial charge in [-0.3, -0.25) is 9.59 Å². The smallest absolute Gasteiger partial charge is 0.258 e. The van der Waals surface area contributed by atoms with Gasteiger partial charge < -0.3 is 21.4 Å². The summed E-state index contributed by atoms with van der Waals surface area (Å²) in [5.74, 6) is 0.293. The van der Waals surface area contributed by atoms with Gasteiger partial charge in [0.05, 0.1) is 16.4 Å². The number of piperidine rings is 1. The van der Waals surface area contributed by atoms with Gasteiger partial charge in [0.25, 0.3) is 5.56 Å². The van der Waals surface area contributed by atoms with Crippen LogP contribution in [0.5, 0.6) is 0 Å². The number of amides is 1. The number of fused-ring (bicyclic) bond motifs is 1. The number of H-pyrrole nitrogens is 1. The first-order valence-corrected chi connectivity index (χ1v) is 8.27. The third-order valence-electron chi connectivity index (χ3n) is 4.79. The monoisotopic (exact) mass is 329 g/mol. The molecule has 1 amide bonds. The number of carbonyl (C=O) groups is 1. The van der Waals surface area contributed by atoms with Gasteiger partial charge in [0.15, 0.2) is 0 Å². The van der Waals surface area contributed by atoms with E-state index in [9.17, 15) is 9.59 Å². The van der Waals surface area contributed by atoms with Gasteiger partial charge in [-0.2, -0.15) is 0 Å². The van der Waals surface area contributed by atoms with E-state index < -0.39 is 11.4 Å². The number of rotatable bonds is 5. The summed E-state index contributed by atoms with van der Waals surface area (Å²) in [5, 5.41) is 0.614.